The van der Waals surface area contributed by atoms with Crippen molar-refractivity contribution in [2.24, 2.45) is 11.8 Å². The molecule has 13 heavy (non-hydrogen) atoms. The van der Waals surface area contributed by atoms with Crippen molar-refractivity contribution in [3.63, 3.8) is 0 Å². The molecular weight excluding hydrogens is 164 g/mol. The van der Waals surface area contributed by atoms with Crippen molar-refractivity contribution < 1.29 is 10.2 Å². The highest BCUT2D eigenvalue weighted by Gasteiger charge is 2.62. The highest BCUT2D eigenvalue weighted by Crippen LogP contribution is 2.58. The van der Waals surface area contributed by atoms with Crippen LogP contribution in [0.3, 0.4) is 0 Å². The third kappa shape index (κ3) is 0.962. The minimum absolute atomic E-state index is 0.594. The molecule has 0 heterocycles. The van der Waals surface area contributed by atoms with Gasteiger partial charge >= 0.3 is 0 Å². The summed E-state index contributed by atoms with van der Waals surface area (Å²) < 4.78 is 0. The van der Waals surface area contributed by atoms with Crippen molar-refractivity contribution in [1.82, 2.24) is 0 Å². The van der Waals surface area contributed by atoms with E-state index in [9.17, 15) is 10.2 Å². The largest absolute Gasteiger partial charge is 0.387 e. The van der Waals surface area contributed by atoms with Crippen molar-refractivity contribution in [3.8, 4) is 0 Å². The van der Waals surface area contributed by atoms with Gasteiger partial charge in [0.1, 0.15) is 0 Å². The minimum atomic E-state index is -0.706. The predicted molar refractivity (Wildman–Crippen MR) is 49.2 cm³/mol. The number of hydrogen-bond acceptors (Lipinski definition) is 2. The van der Waals surface area contributed by atoms with Gasteiger partial charge in [-0.1, -0.05) is 19.3 Å². The zero-order valence-electron chi connectivity index (χ0n) is 8.00. The number of aliphatic hydroxyl groups is 2. The van der Waals surface area contributed by atoms with Gasteiger partial charge in [0.15, 0.2) is 0 Å². The molecule has 0 aliphatic heterocycles. The Bertz CT molecular complexity index is 200. The molecule has 0 atom stereocenters. The maximum absolute atomic E-state index is 10.3. The van der Waals surface area contributed by atoms with E-state index in [-0.39, 0.29) is 0 Å². The van der Waals surface area contributed by atoms with Gasteiger partial charge in [-0.05, 0) is 37.5 Å². The first-order chi connectivity index (χ1) is 6.11. The topological polar surface area (TPSA) is 40.5 Å². The summed E-state index contributed by atoms with van der Waals surface area (Å²) in [7, 11) is 0. The predicted octanol–water partition coefficient (Wildman–Crippen LogP) is 1.45. The van der Waals surface area contributed by atoms with Crippen LogP contribution in [0, 0.1) is 11.8 Å². The van der Waals surface area contributed by atoms with Crippen molar-refractivity contribution in [3.05, 3.63) is 0 Å². The fourth-order valence-electron chi connectivity index (χ4n) is 4.08. The highest BCUT2D eigenvalue weighted by molar-refractivity contribution is 5.14. The van der Waals surface area contributed by atoms with E-state index in [0.717, 1.165) is 25.7 Å². The van der Waals surface area contributed by atoms with E-state index in [0.29, 0.717) is 11.8 Å². The van der Waals surface area contributed by atoms with Crippen LogP contribution in [-0.2, 0) is 0 Å². The summed E-state index contributed by atoms with van der Waals surface area (Å²) in [6.07, 6.45) is 7.20. The lowest BCUT2D eigenvalue weighted by atomic mass is 9.86. The maximum Gasteiger partial charge on any atom is 0.0938 e. The van der Waals surface area contributed by atoms with Crippen molar-refractivity contribution >= 4 is 0 Å². The van der Waals surface area contributed by atoms with E-state index >= 15 is 0 Å². The second-order valence-corrected chi connectivity index (χ2v) is 5.54. The SMILES string of the molecule is OC12CC3CCCC(C1)CC2(O)C3. The average Bonchev–Trinajstić information content (AvgIpc) is 2.32. The lowest BCUT2D eigenvalue weighted by Crippen LogP contribution is -2.44. The van der Waals surface area contributed by atoms with E-state index in [1.807, 2.05) is 0 Å². The van der Waals surface area contributed by atoms with Crippen LogP contribution in [0.4, 0.5) is 0 Å². The summed E-state index contributed by atoms with van der Waals surface area (Å²) in [5.41, 5.74) is -1.41. The average molecular weight is 182 g/mol. The normalized spacial score (nSPS) is 59.5. The van der Waals surface area contributed by atoms with E-state index in [4.69, 9.17) is 0 Å². The zero-order chi connectivity index (χ0) is 9.10. The van der Waals surface area contributed by atoms with Crippen molar-refractivity contribution in [2.75, 3.05) is 0 Å². The van der Waals surface area contributed by atoms with Gasteiger partial charge in [0.25, 0.3) is 0 Å². The lowest BCUT2D eigenvalue weighted by Gasteiger charge is -2.30. The molecular formula is C11H18O2. The molecule has 4 rings (SSSR count). The Hall–Kier alpha value is -0.0800. The van der Waals surface area contributed by atoms with Crippen LogP contribution in [0.5, 0.6) is 0 Å². The summed E-state index contributed by atoms with van der Waals surface area (Å²) in [4.78, 5) is 0. The second kappa shape index (κ2) is 2.29. The molecule has 0 aromatic rings. The van der Waals surface area contributed by atoms with Crippen LogP contribution >= 0.6 is 0 Å². The molecule has 2 nitrogen and oxygen atoms in total. The monoisotopic (exact) mass is 182 g/mol. The molecule has 0 amide bonds. The maximum atomic E-state index is 10.3. The van der Waals surface area contributed by atoms with Crippen LogP contribution in [0.2, 0.25) is 0 Å². The Balaban J connectivity index is 1.99. The number of fused-ring (bicyclic) bond motifs is 2. The van der Waals surface area contributed by atoms with Crippen LogP contribution in [0.15, 0.2) is 0 Å². The lowest BCUT2D eigenvalue weighted by molar-refractivity contribution is -0.107. The fraction of sp³-hybridized carbons (Fsp3) is 1.00. The Morgan fingerprint density at radius 1 is 0.769 bits per heavy atom. The van der Waals surface area contributed by atoms with Crippen molar-refractivity contribution in [1.29, 1.82) is 0 Å². The smallest absolute Gasteiger partial charge is 0.0938 e. The molecule has 4 saturated carbocycles. The third-order valence-electron chi connectivity index (χ3n) is 4.60. The van der Waals surface area contributed by atoms with E-state index < -0.39 is 11.2 Å². The van der Waals surface area contributed by atoms with E-state index in [2.05, 4.69) is 0 Å². The molecule has 2 heteroatoms. The molecule has 2 N–H and O–H groups in total. The summed E-state index contributed by atoms with van der Waals surface area (Å²) in [5.74, 6) is 1.19. The Labute approximate surface area is 79.0 Å². The molecule has 4 fully saturated rings. The molecule has 0 radical (unpaired) electrons. The Kier molecular flexibility index (Phi) is 1.45. The molecule has 4 aliphatic rings. The summed E-state index contributed by atoms with van der Waals surface area (Å²) in [6.45, 7) is 0. The van der Waals surface area contributed by atoms with Gasteiger partial charge in [-0.3, -0.25) is 0 Å². The Morgan fingerprint density at radius 3 is 1.54 bits per heavy atom. The molecule has 0 spiro atoms. The molecule has 0 unspecified atom stereocenters. The standard InChI is InChI=1S/C11H18O2/c12-10-4-8-2-1-3-9(6-10)7-11(10,13)5-8/h8-9,12-13H,1-7H2. The molecule has 0 saturated heterocycles. The van der Waals surface area contributed by atoms with Gasteiger partial charge in [-0.2, -0.15) is 0 Å². The van der Waals surface area contributed by atoms with Gasteiger partial charge in [0, 0.05) is 0 Å². The number of hydrogen-bond donors (Lipinski definition) is 2. The highest BCUT2D eigenvalue weighted by atomic mass is 16.4. The van der Waals surface area contributed by atoms with Crippen LogP contribution in [0.25, 0.3) is 0 Å². The molecule has 0 aromatic carbocycles. The first kappa shape index (κ1) is 8.25. The van der Waals surface area contributed by atoms with E-state index in [1.165, 1.54) is 19.3 Å². The van der Waals surface area contributed by atoms with Gasteiger partial charge in [0.2, 0.25) is 0 Å². The van der Waals surface area contributed by atoms with E-state index in [1.54, 1.807) is 0 Å². The number of rotatable bonds is 0. The zero-order valence-corrected chi connectivity index (χ0v) is 8.00. The van der Waals surface area contributed by atoms with Crippen molar-refractivity contribution in [2.45, 2.75) is 56.1 Å². The van der Waals surface area contributed by atoms with Crippen LogP contribution in [-0.4, -0.2) is 21.4 Å². The van der Waals surface area contributed by atoms with Crippen LogP contribution in [0.1, 0.15) is 44.9 Å². The fourth-order valence-corrected chi connectivity index (χ4v) is 4.08. The minimum Gasteiger partial charge on any atom is -0.387 e. The van der Waals surface area contributed by atoms with Gasteiger partial charge in [0.05, 0.1) is 11.2 Å². The second-order valence-electron chi connectivity index (χ2n) is 5.54. The molecule has 74 valence electrons. The van der Waals surface area contributed by atoms with Gasteiger partial charge < -0.3 is 10.2 Å². The summed E-state index contributed by atoms with van der Waals surface area (Å²) >= 11 is 0. The molecule has 4 bridgehead atoms. The summed E-state index contributed by atoms with van der Waals surface area (Å²) in [6, 6.07) is 0. The van der Waals surface area contributed by atoms with Crippen LogP contribution < -0.4 is 0 Å². The molecule has 0 aromatic heterocycles. The molecule has 4 aliphatic carbocycles. The Morgan fingerprint density at radius 2 is 1.15 bits per heavy atom. The third-order valence-corrected chi connectivity index (χ3v) is 4.60. The van der Waals surface area contributed by atoms with Gasteiger partial charge in [-0.15, -0.1) is 0 Å². The quantitative estimate of drug-likeness (QED) is 0.595. The first-order valence-corrected chi connectivity index (χ1v) is 5.56. The first-order valence-electron chi connectivity index (χ1n) is 5.56. The van der Waals surface area contributed by atoms with Gasteiger partial charge in [-0.25, -0.2) is 0 Å². The summed E-state index contributed by atoms with van der Waals surface area (Å²) in [5, 5.41) is 20.7.